The number of benzene rings is 1. The Hall–Kier alpha value is -3.86. The number of halogens is 1. The molecule has 1 amide bonds. The number of fused-ring (bicyclic) bond motifs is 1. The Morgan fingerprint density at radius 3 is 2.54 bits per heavy atom. The zero-order valence-electron chi connectivity index (χ0n) is 22.8. The van der Waals surface area contributed by atoms with Crippen molar-refractivity contribution in [2.45, 2.75) is 26.2 Å². The molecule has 12 heteroatoms. The second-order valence-corrected chi connectivity index (χ2v) is 10.1. The molecule has 11 nitrogen and oxygen atoms in total. The first-order chi connectivity index (χ1) is 18.6. The highest BCUT2D eigenvalue weighted by Crippen LogP contribution is 2.33. The highest BCUT2D eigenvalue weighted by Gasteiger charge is 2.27. The summed E-state index contributed by atoms with van der Waals surface area (Å²) in [7, 11) is 6.70. The summed E-state index contributed by atoms with van der Waals surface area (Å²) >= 11 is 6.45. The molecule has 1 aliphatic heterocycles. The van der Waals surface area contributed by atoms with E-state index in [9.17, 15) is 14.4 Å². The molecule has 3 heterocycles. The molecule has 1 saturated heterocycles. The van der Waals surface area contributed by atoms with E-state index in [1.165, 1.54) is 11.7 Å². The summed E-state index contributed by atoms with van der Waals surface area (Å²) in [6, 6.07) is 5.17. The van der Waals surface area contributed by atoms with Gasteiger partial charge in [0.2, 0.25) is 11.9 Å². The van der Waals surface area contributed by atoms with Crippen LogP contribution in [0.1, 0.15) is 26.2 Å². The Labute approximate surface area is 231 Å². The first kappa shape index (κ1) is 28.2. The summed E-state index contributed by atoms with van der Waals surface area (Å²) in [5, 5.41) is 4.23. The Bertz CT molecular complexity index is 1450. The second-order valence-electron chi connectivity index (χ2n) is 9.66. The lowest BCUT2D eigenvalue weighted by Crippen LogP contribution is -2.40. The van der Waals surface area contributed by atoms with Gasteiger partial charge in [0.1, 0.15) is 17.4 Å². The van der Waals surface area contributed by atoms with E-state index in [0.717, 1.165) is 12.8 Å². The molecule has 0 spiro atoms. The molecule has 0 radical (unpaired) electrons. The van der Waals surface area contributed by atoms with E-state index in [-0.39, 0.29) is 35.5 Å². The number of carbonyl (C=O) groups excluding carboxylic acids is 2. The SMILES string of the molecule is CCC(=O)COc1cc2cc(Nc3nc(N4CCC(C(=O)N(C)C)CC4)ncc3Cl)cc(OC)c2n(C)c1=O. The zero-order valence-corrected chi connectivity index (χ0v) is 23.5. The first-order valence-electron chi connectivity index (χ1n) is 12.7. The summed E-state index contributed by atoms with van der Waals surface area (Å²) in [5.74, 6) is 1.49. The fourth-order valence-electron chi connectivity index (χ4n) is 4.59. The van der Waals surface area contributed by atoms with Crippen LogP contribution in [0.25, 0.3) is 10.9 Å². The summed E-state index contributed by atoms with van der Waals surface area (Å²) in [6.45, 7) is 2.88. The fourth-order valence-corrected chi connectivity index (χ4v) is 4.72. The van der Waals surface area contributed by atoms with Crippen molar-refractivity contribution in [1.29, 1.82) is 0 Å². The Morgan fingerprint density at radius 2 is 1.90 bits per heavy atom. The van der Waals surface area contributed by atoms with Gasteiger partial charge in [-0.15, -0.1) is 0 Å². The largest absolute Gasteiger partial charge is 0.494 e. The van der Waals surface area contributed by atoms with Crippen LogP contribution in [0.3, 0.4) is 0 Å². The van der Waals surface area contributed by atoms with Crippen molar-refractivity contribution in [3.63, 3.8) is 0 Å². The molecule has 2 aromatic heterocycles. The van der Waals surface area contributed by atoms with Gasteiger partial charge in [-0.05, 0) is 25.0 Å². The summed E-state index contributed by atoms with van der Waals surface area (Å²) in [5.41, 5.74) is 0.826. The molecule has 0 saturated carbocycles. The Morgan fingerprint density at radius 1 is 1.18 bits per heavy atom. The summed E-state index contributed by atoms with van der Waals surface area (Å²) in [6.07, 6.45) is 3.31. The van der Waals surface area contributed by atoms with Crippen LogP contribution in [0.4, 0.5) is 17.5 Å². The van der Waals surface area contributed by atoms with Crippen LogP contribution in [0.5, 0.6) is 11.5 Å². The van der Waals surface area contributed by atoms with E-state index in [0.29, 0.717) is 58.6 Å². The number of nitrogens with zero attached hydrogens (tertiary/aromatic N) is 5. The standard InChI is InChI=1S/C27H33ClN6O5/c1-6-19(35)15-39-22-12-17-11-18(13-21(38-5)23(17)33(4)26(22)37)30-24-20(28)14-29-27(31-24)34-9-7-16(8-10-34)25(36)32(2)3/h11-14,16H,6-10,15H2,1-5H3,(H,29,30,31). The quantitative estimate of drug-likeness (QED) is 0.423. The Balaban J connectivity index is 1.61. The third-order valence-corrected chi connectivity index (χ3v) is 7.08. The molecule has 39 heavy (non-hydrogen) atoms. The van der Waals surface area contributed by atoms with Crippen LogP contribution in [-0.2, 0) is 16.6 Å². The van der Waals surface area contributed by atoms with E-state index in [2.05, 4.69) is 15.3 Å². The van der Waals surface area contributed by atoms with Crippen molar-refractivity contribution >= 4 is 51.6 Å². The number of aromatic nitrogens is 3. The van der Waals surface area contributed by atoms with Crippen LogP contribution < -0.4 is 25.2 Å². The lowest BCUT2D eigenvalue weighted by atomic mass is 9.96. The average Bonchev–Trinajstić information content (AvgIpc) is 2.94. The molecule has 0 unspecified atom stereocenters. The minimum absolute atomic E-state index is 0.00358. The molecule has 0 atom stereocenters. The van der Waals surface area contributed by atoms with Crippen molar-refractivity contribution < 1.29 is 19.1 Å². The molecule has 3 aromatic rings. The van der Waals surface area contributed by atoms with E-state index in [1.54, 1.807) is 51.3 Å². The maximum atomic E-state index is 12.8. The number of ketones is 1. The Kier molecular flexibility index (Phi) is 8.59. The van der Waals surface area contributed by atoms with Crippen LogP contribution in [0, 0.1) is 5.92 Å². The van der Waals surface area contributed by atoms with Crippen LogP contribution in [-0.4, -0.2) is 72.0 Å². The molecule has 4 rings (SSSR count). The summed E-state index contributed by atoms with van der Waals surface area (Å²) < 4.78 is 12.6. The number of carbonyl (C=O) groups is 2. The van der Waals surface area contributed by atoms with Gasteiger partial charge < -0.3 is 29.2 Å². The molecule has 1 fully saturated rings. The molecule has 1 aromatic carbocycles. The molecule has 1 aliphatic rings. The lowest BCUT2D eigenvalue weighted by Gasteiger charge is -2.32. The number of nitrogens with one attached hydrogen (secondary N) is 1. The maximum Gasteiger partial charge on any atom is 0.293 e. The van der Waals surface area contributed by atoms with Crippen molar-refractivity contribution in [3.8, 4) is 11.5 Å². The average molecular weight is 557 g/mol. The van der Waals surface area contributed by atoms with Gasteiger partial charge in [0.05, 0.1) is 18.8 Å². The minimum atomic E-state index is -0.370. The fraction of sp³-hybridized carbons (Fsp3) is 0.444. The third-order valence-electron chi connectivity index (χ3n) is 6.81. The van der Waals surface area contributed by atoms with Crippen LogP contribution in [0.15, 0.2) is 29.2 Å². The lowest BCUT2D eigenvalue weighted by molar-refractivity contribution is -0.133. The number of anilines is 3. The molecular weight excluding hydrogens is 524 g/mol. The number of rotatable bonds is 9. The highest BCUT2D eigenvalue weighted by molar-refractivity contribution is 6.33. The second kappa shape index (κ2) is 11.9. The van der Waals surface area contributed by atoms with Gasteiger partial charge >= 0.3 is 0 Å². The number of aryl methyl sites for hydroxylation is 1. The van der Waals surface area contributed by atoms with Gasteiger partial charge in [0, 0.05) is 63.7 Å². The highest BCUT2D eigenvalue weighted by atomic mass is 35.5. The van der Waals surface area contributed by atoms with E-state index in [4.69, 9.17) is 21.1 Å². The topological polar surface area (TPSA) is 119 Å². The van der Waals surface area contributed by atoms with E-state index < -0.39 is 0 Å². The van der Waals surface area contributed by atoms with Gasteiger partial charge in [0.25, 0.3) is 5.56 Å². The molecular formula is C27H33ClN6O5. The minimum Gasteiger partial charge on any atom is -0.494 e. The predicted octanol–water partition coefficient (Wildman–Crippen LogP) is 3.40. The zero-order chi connectivity index (χ0) is 28.3. The third kappa shape index (κ3) is 6.08. The van der Waals surface area contributed by atoms with E-state index >= 15 is 0 Å². The van der Waals surface area contributed by atoms with Gasteiger partial charge in [-0.3, -0.25) is 14.4 Å². The molecule has 0 bridgehead atoms. The number of Topliss-reactive ketones (excluding diaryl/α,β-unsaturated/α-hetero) is 1. The number of methoxy groups -OCH3 is 1. The number of piperidine rings is 1. The number of pyridine rings is 1. The normalized spacial score (nSPS) is 13.8. The number of hydrogen-bond acceptors (Lipinski definition) is 9. The summed E-state index contributed by atoms with van der Waals surface area (Å²) in [4.78, 5) is 49.7. The molecule has 0 aliphatic carbocycles. The van der Waals surface area contributed by atoms with Gasteiger partial charge in [0.15, 0.2) is 17.4 Å². The van der Waals surface area contributed by atoms with Crippen LogP contribution >= 0.6 is 11.6 Å². The van der Waals surface area contributed by atoms with Crippen molar-refractivity contribution in [2.24, 2.45) is 13.0 Å². The van der Waals surface area contributed by atoms with Gasteiger partial charge in [-0.1, -0.05) is 18.5 Å². The maximum absolute atomic E-state index is 12.8. The van der Waals surface area contributed by atoms with Crippen molar-refractivity contribution in [1.82, 2.24) is 19.4 Å². The van der Waals surface area contributed by atoms with Gasteiger partial charge in [-0.2, -0.15) is 4.98 Å². The molecule has 1 N–H and O–H groups in total. The van der Waals surface area contributed by atoms with Gasteiger partial charge in [-0.25, -0.2) is 4.98 Å². The number of ether oxygens (including phenoxy) is 2. The van der Waals surface area contributed by atoms with Crippen molar-refractivity contribution in [2.75, 3.05) is 51.1 Å². The van der Waals surface area contributed by atoms with Crippen molar-refractivity contribution in [3.05, 3.63) is 39.8 Å². The number of hydrogen-bond donors (Lipinski definition) is 1. The number of amides is 1. The molecule has 208 valence electrons. The first-order valence-corrected chi connectivity index (χ1v) is 13.1. The predicted molar refractivity (Wildman–Crippen MR) is 150 cm³/mol. The smallest absolute Gasteiger partial charge is 0.293 e. The van der Waals surface area contributed by atoms with Crippen LogP contribution in [0.2, 0.25) is 5.02 Å². The monoisotopic (exact) mass is 556 g/mol. The van der Waals surface area contributed by atoms with E-state index in [1.807, 2.05) is 11.0 Å².